The molecular weight excluding hydrogens is 353 g/mol. The number of hydrogen-bond donors (Lipinski definition) is 1. The Balaban J connectivity index is 1.44. The first-order valence-electron chi connectivity index (χ1n) is 7.97. The van der Waals surface area contributed by atoms with Crippen LogP contribution in [0.5, 0.6) is 0 Å². The standard InChI is InChI=1S/C17H15F3N2O2S/c18-17(19,20)10-3-1-9(2-4-10)16-22-13(8-25-16)15(23)21-12-7-14-11(12)5-6-24-14/h1-4,8,11-12,14H,5-7H2,(H,21,23)/t11-,12+,14+/m0/s1. The van der Waals surface area contributed by atoms with Gasteiger partial charge in [-0.1, -0.05) is 12.1 Å². The normalized spacial score (nSPS) is 25.3. The molecule has 1 amide bonds. The van der Waals surface area contributed by atoms with Gasteiger partial charge in [-0.3, -0.25) is 4.79 Å². The average Bonchev–Trinajstić information content (AvgIpc) is 3.19. The number of amides is 1. The van der Waals surface area contributed by atoms with Gasteiger partial charge in [0.1, 0.15) is 10.7 Å². The number of halogens is 3. The minimum absolute atomic E-state index is 0.121. The maximum atomic E-state index is 12.6. The van der Waals surface area contributed by atoms with Crippen LogP contribution in [0.4, 0.5) is 13.2 Å². The molecule has 1 saturated heterocycles. The van der Waals surface area contributed by atoms with E-state index < -0.39 is 11.7 Å². The maximum Gasteiger partial charge on any atom is 0.416 e. The summed E-state index contributed by atoms with van der Waals surface area (Å²) >= 11 is 1.24. The van der Waals surface area contributed by atoms with Crippen molar-refractivity contribution in [2.45, 2.75) is 31.2 Å². The molecule has 25 heavy (non-hydrogen) atoms. The molecule has 2 heterocycles. The van der Waals surface area contributed by atoms with Crippen LogP contribution in [0.2, 0.25) is 0 Å². The van der Waals surface area contributed by atoms with Gasteiger partial charge in [-0.05, 0) is 25.0 Å². The number of ether oxygens (including phenoxy) is 1. The second-order valence-corrected chi connectivity index (χ2v) is 7.15. The molecule has 8 heteroatoms. The molecule has 1 saturated carbocycles. The summed E-state index contributed by atoms with van der Waals surface area (Å²) in [4.78, 5) is 16.6. The number of rotatable bonds is 3. The van der Waals surface area contributed by atoms with E-state index in [1.807, 2.05) is 0 Å². The van der Waals surface area contributed by atoms with Crippen LogP contribution in [0.1, 0.15) is 28.9 Å². The van der Waals surface area contributed by atoms with Crippen LogP contribution in [0, 0.1) is 5.92 Å². The molecule has 0 unspecified atom stereocenters. The van der Waals surface area contributed by atoms with Crippen molar-refractivity contribution in [3.63, 3.8) is 0 Å². The highest BCUT2D eigenvalue weighted by Gasteiger charge is 2.45. The van der Waals surface area contributed by atoms with Crippen molar-refractivity contribution in [3.05, 3.63) is 40.9 Å². The van der Waals surface area contributed by atoms with Gasteiger partial charge < -0.3 is 10.1 Å². The number of thiazole rings is 1. The fourth-order valence-corrected chi connectivity index (χ4v) is 4.12. The van der Waals surface area contributed by atoms with Gasteiger partial charge >= 0.3 is 6.18 Å². The third-order valence-electron chi connectivity index (χ3n) is 4.78. The summed E-state index contributed by atoms with van der Waals surface area (Å²) in [6.07, 6.45) is -2.31. The fourth-order valence-electron chi connectivity index (χ4n) is 3.32. The molecule has 132 valence electrons. The van der Waals surface area contributed by atoms with Gasteiger partial charge in [-0.25, -0.2) is 4.98 Å². The van der Waals surface area contributed by atoms with E-state index in [-0.39, 0.29) is 18.1 Å². The van der Waals surface area contributed by atoms with Crippen LogP contribution >= 0.6 is 11.3 Å². The highest BCUT2D eigenvalue weighted by molar-refractivity contribution is 7.13. The molecular formula is C17H15F3N2O2S. The van der Waals surface area contributed by atoms with E-state index in [2.05, 4.69) is 10.3 Å². The second kappa shape index (κ2) is 6.10. The number of fused-ring (bicyclic) bond motifs is 1. The molecule has 2 aliphatic rings. The van der Waals surface area contributed by atoms with Crippen LogP contribution < -0.4 is 5.32 Å². The second-order valence-electron chi connectivity index (χ2n) is 6.29. The smallest absolute Gasteiger partial charge is 0.378 e. The number of carbonyl (C=O) groups is 1. The third-order valence-corrected chi connectivity index (χ3v) is 5.67. The first-order valence-corrected chi connectivity index (χ1v) is 8.85. The van der Waals surface area contributed by atoms with E-state index in [0.29, 0.717) is 22.2 Å². The number of benzene rings is 1. The van der Waals surface area contributed by atoms with E-state index in [1.54, 1.807) is 5.38 Å². The number of aromatic nitrogens is 1. The first-order chi connectivity index (χ1) is 11.9. The van der Waals surface area contributed by atoms with E-state index in [0.717, 1.165) is 31.6 Å². The Kier molecular flexibility index (Phi) is 4.04. The first kappa shape index (κ1) is 16.5. The van der Waals surface area contributed by atoms with E-state index in [9.17, 15) is 18.0 Å². The van der Waals surface area contributed by atoms with Gasteiger partial charge in [0.25, 0.3) is 5.91 Å². The van der Waals surface area contributed by atoms with Gasteiger partial charge in [0.15, 0.2) is 0 Å². The lowest BCUT2D eigenvalue weighted by Crippen LogP contribution is -2.53. The minimum Gasteiger partial charge on any atom is -0.378 e. The van der Waals surface area contributed by atoms with E-state index in [4.69, 9.17) is 4.74 Å². The minimum atomic E-state index is -4.36. The molecule has 4 rings (SSSR count). The molecule has 2 fully saturated rings. The largest absolute Gasteiger partial charge is 0.416 e. The summed E-state index contributed by atoms with van der Waals surface area (Å²) in [6.45, 7) is 0.747. The number of nitrogens with zero attached hydrogens (tertiary/aromatic N) is 1. The molecule has 1 aromatic heterocycles. The van der Waals surface area contributed by atoms with Crippen molar-refractivity contribution in [2.75, 3.05) is 6.61 Å². The Labute approximate surface area is 146 Å². The zero-order chi connectivity index (χ0) is 17.6. The zero-order valence-electron chi connectivity index (χ0n) is 13.0. The van der Waals surface area contributed by atoms with Crippen molar-refractivity contribution in [2.24, 2.45) is 5.92 Å². The summed E-state index contributed by atoms with van der Waals surface area (Å²) in [7, 11) is 0. The molecule has 1 aliphatic heterocycles. The Bertz CT molecular complexity index is 788. The summed E-state index contributed by atoms with van der Waals surface area (Å²) in [6, 6.07) is 4.90. The molecule has 2 aromatic rings. The van der Waals surface area contributed by atoms with Gasteiger partial charge in [0.2, 0.25) is 0 Å². The Morgan fingerprint density at radius 1 is 1.28 bits per heavy atom. The predicted molar refractivity (Wildman–Crippen MR) is 86.3 cm³/mol. The van der Waals surface area contributed by atoms with Crippen molar-refractivity contribution >= 4 is 17.2 Å². The summed E-state index contributed by atoms with van der Waals surface area (Å²) in [5, 5.41) is 5.13. The topological polar surface area (TPSA) is 51.2 Å². The SMILES string of the molecule is O=C(N[C@@H]1C[C@H]2OCC[C@@H]12)c1csc(-c2ccc(C(F)(F)F)cc2)n1. The average molecular weight is 368 g/mol. The van der Waals surface area contributed by atoms with Gasteiger partial charge in [0.05, 0.1) is 11.7 Å². The van der Waals surface area contributed by atoms with E-state index in [1.165, 1.54) is 23.5 Å². The van der Waals surface area contributed by atoms with E-state index >= 15 is 0 Å². The van der Waals surface area contributed by atoms with Crippen LogP contribution in [-0.2, 0) is 10.9 Å². The third kappa shape index (κ3) is 3.16. The van der Waals surface area contributed by atoms with Crippen LogP contribution in [-0.4, -0.2) is 29.6 Å². The molecule has 1 N–H and O–H groups in total. The Hall–Kier alpha value is -1.93. The summed E-state index contributed by atoms with van der Waals surface area (Å²) < 4.78 is 43.4. The summed E-state index contributed by atoms with van der Waals surface area (Å²) in [5.74, 6) is 0.140. The molecule has 1 aromatic carbocycles. The molecule has 4 nitrogen and oxygen atoms in total. The maximum absolute atomic E-state index is 12.6. The number of hydrogen-bond acceptors (Lipinski definition) is 4. The highest BCUT2D eigenvalue weighted by Crippen LogP contribution is 2.38. The molecule has 1 aliphatic carbocycles. The fraction of sp³-hybridized carbons (Fsp3) is 0.412. The van der Waals surface area contributed by atoms with Crippen molar-refractivity contribution in [1.82, 2.24) is 10.3 Å². The monoisotopic (exact) mass is 368 g/mol. The van der Waals surface area contributed by atoms with Gasteiger partial charge in [0, 0.05) is 29.5 Å². The highest BCUT2D eigenvalue weighted by atomic mass is 32.1. The lowest BCUT2D eigenvalue weighted by atomic mass is 9.76. The van der Waals surface area contributed by atoms with Crippen molar-refractivity contribution in [3.8, 4) is 10.6 Å². The molecule has 0 spiro atoms. The van der Waals surface area contributed by atoms with Crippen molar-refractivity contribution in [1.29, 1.82) is 0 Å². The van der Waals surface area contributed by atoms with Gasteiger partial charge in [-0.2, -0.15) is 13.2 Å². The number of alkyl halides is 3. The lowest BCUT2D eigenvalue weighted by Gasteiger charge is -2.39. The number of nitrogens with one attached hydrogen (secondary N) is 1. The predicted octanol–water partition coefficient (Wildman–Crippen LogP) is 3.74. The lowest BCUT2D eigenvalue weighted by molar-refractivity contribution is -0.137. The van der Waals surface area contributed by atoms with Crippen LogP contribution in [0.3, 0.4) is 0 Å². The Morgan fingerprint density at radius 2 is 2.04 bits per heavy atom. The number of carbonyl (C=O) groups excluding carboxylic acids is 1. The molecule has 3 atom stereocenters. The van der Waals surface area contributed by atoms with Crippen molar-refractivity contribution < 1.29 is 22.7 Å². The quantitative estimate of drug-likeness (QED) is 0.898. The van der Waals surface area contributed by atoms with Crippen LogP contribution in [0.25, 0.3) is 10.6 Å². The van der Waals surface area contributed by atoms with Gasteiger partial charge in [-0.15, -0.1) is 11.3 Å². The molecule has 0 radical (unpaired) electrons. The zero-order valence-corrected chi connectivity index (χ0v) is 13.9. The Morgan fingerprint density at radius 3 is 2.72 bits per heavy atom. The van der Waals surface area contributed by atoms with Crippen LogP contribution in [0.15, 0.2) is 29.6 Å². The summed E-state index contributed by atoms with van der Waals surface area (Å²) in [5.41, 5.74) is 0.149. The molecule has 0 bridgehead atoms.